The molecule has 1 aliphatic rings. The monoisotopic (exact) mass is 199 g/mol. The summed E-state index contributed by atoms with van der Waals surface area (Å²) in [5, 5.41) is 6.68. The molecule has 1 aliphatic heterocycles. The molecule has 1 saturated heterocycles. The van der Waals surface area contributed by atoms with Crippen molar-refractivity contribution in [2.24, 2.45) is 11.1 Å². The van der Waals surface area contributed by atoms with Crippen LogP contribution in [0.3, 0.4) is 0 Å². The van der Waals surface area contributed by atoms with E-state index in [0.717, 1.165) is 13.1 Å². The molecule has 0 aromatic carbocycles. The van der Waals surface area contributed by atoms with Gasteiger partial charge in [-0.25, -0.2) is 0 Å². The molecule has 1 amide bonds. The number of amides is 1. The SMILES string of the molecule is CC(C)(CNCC1CCCN1)C(N)=O. The average molecular weight is 199 g/mol. The third kappa shape index (κ3) is 3.27. The third-order valence-electron chi connectivity index (χ3n) is 2.79. The second-order valence-corrected chi connectivity index (χ2v) is 4.67. The highest BCUT2D eigenvalue weighted by Gasteiger charge is 2.24. The molecule has 4 nitrogen and oxygen atoms in total. The molecular formula is C10H21N3O. The van der Waals surface area contributed by atoms with Gasteiger partial charge >= 0.3 is 0 Å². The van der Waals surface area contributed by atoms with Crippen LogP contribution >= 0.6 is 0 Å². The van der Waals surface area contributed by atoms with Crippen molar-refractivity contribution in [1.82, 2.24) is 10.6 Å². The van der Waals surface area contributed by atoms with E-state index in [9.17, 15) is 4.79 Å². The van der Waals surface area contributed by atoms with Crippen LogP contribution in [0, 0.1) is 5.41 Å². The minimum absolute atomic E-state index is 0.246. The van der Waals surface area contributed by atoms with Gasteiger partial charge in [-0.05, 0) is 33.2 Å². The summed E-state index contributed by atoms with van der Waals surface area (Å²) >= 11 is 0. The molecular weight excluding hydrogens is 178 g/mol. The second-order valence-electron chi connectivity index (χ2n) is 4.67. The number of rotatable bonds is 5. The van der Waals surface area contributed by atoms with Gasteiger partial charge in [-0.1, -0.05) is 0 Å². The second kappa shape index (κ2) is 4.75. The Labute approximate surface area is 85.6 Å². The molecule has 0 saturated carbocycles. The van der Waals surface area contributed by atoms with Crippen molar-refractivity contribution in [3.8, 4) is 0 Å². The number of carbonyl (C=O) groups excluding carboxylic acids is 1. The normalized spacial score (nSPS) is 22.6. The van der Waals surface area contributed by atoms with Crippen LogP contribution in [-0.4, -0.2) is 31.6 Å². The van der Waals surface area contributed by atoms with E-state index in [1.807, 2.05) is 13.8 Å². The minimum atomic E-state index is -0.446. The van der Waals surface area contributed by atoms with Crippen LogP contribution in [0.25, 0.3) is 0 Å². The zero-order valence-corrected chi connectivity index (χ0v) is 9.10. The molecule has 14 heavy (non-hydrogen) atoms. The summed E-state index contributed by atoms with van der Waals surface area (Å²) in [5.74, 6) is -0.246. The van der Waals surface area contributed by atoms with Gasteiger partial charge in [0, 0.05) is 19.1 Å². The van der Waals surface area contributed by atoms with Crippen LogP contribution in [0.4, 0.5) is 0 Å². The Morgan fingerprint density at radius 2 is 2.36 bits per heavy atom. The highest BCUT2D eigenvalue weighted by atomic mass is 16.1. The van der Waals surface area contributed by atoms with Crippen LogP contribution in [0.1, 0.15) is 26.7 Å². The van der Waals surface area contributed by atoms with Crippen molar-refractivity contribution in [3.05, 3.63) is 0 Å². The lowest BCUT2D eigenvalue weighted by Crippen LogP contribution is -2.43. The molecule has 0 radical (unpaired) electrons. The Balaban J connectivity index is 2.16. The number of primary amides is 1. The van der Waals surface area contributed by atoms with Crippen molar-refractivity contribution in [1.29, 1.82) is 0 Å². The van der Waals surface area contributed by atoms with Gasteiger partial charge in [0.2, 0.25) is 5.91 Å². The van der Waals surface area contributed by atoms with E-state index in [1.165, 1.54) is 12.8 Å². The predicted molar refractivity (Wildman–Crippen MR) is 56.9 cm³/mol. The Kier molecular flexibility index (Phi) is 3.89. The third-order valence-corrected chi connectivity index (χ3v) is 2.79. The van der Waals surface area contributed by atoms with Gasteiger partial charge < -0.3 is 16.4 Å². The number of nitrogens with one attached hydrogen (secondary N) is 2. The van der Waals surface area contributed by atoms with Gasteiger partial charge in [0.25, 0.3) is 0 Å². The average Bonchev–Trinajstić information content (AvgIpc) is 2.56. The molecule has 1 rings (SSSR count). The van der Waals surface area contributed by atoms with E-state index < -0.39 is 5.41 Å². The van der Waals surface area contributed by atoms with Crippen molar-refractivity contribution >= 4 is 5.91 Å². The van der Waals surface area contributed by atoms with Gasteiger partial charge in [-0.2, -0.15) is 0 Å². The maximum Gasteiger partial charge on any atom is 0.224 e. The first-order chi connectivity index (χ1) is 6.52. The zero-order valence-electron chi connectivity index (χ0n) is 9.10. The Morgan fingerprint density at radius 3 is 2.86 bits per heavy atom. The molecule has 1 heterocycles. The first-order valence-electron chi connectivity index (χ1n) is 5.26. The number of carbonyl (C=O) groups is 1. The van der Waals surface area contributed by atoms with Crippen LogP contribution in [0.2, 0.25) is 0 Å². The minimum Gasteiger partial charge on any atom is -0.369 e. The van der Waals surface area contributed by atoms with Crippen LogP contribution < -0.4 is 16.4 Å². The fourth-order valence-corrected chi connectivity index (χ4v) is 1.58. The Bertz CT molecular complexity index is 198. The lowest BCUT2D eigenvalue weighted by atomic mass is 9.93. The molecule has 0 aliphatic carbocycles. The summed E-state index contributed by atoms with van der Waals surface area (Å²) < 4.78 is 0. The van der Waals surface area contributed by atoms with Crippen molar-refractivity contribution < 1.29 is 4.79 Å². The first kappa shape index (κ1) is 11.5. The quantitative estimate of drug-likeness (QED) is 0.576. The van der Waals surface area contributed by atoms with Gasteiger partial charge in [-0.15, -0.1) is 0 Å². The molecule has 0 aromatic heterocycles. The number of hydrogen-bond acceptors (Lipinski definition) is 3. The largest absolute Gasteiger partial charge is 0.369 e. The first-order valence-corrected chi connectivity index (χ1v) is 5.26. The molecule has 1 atom stereocenters. The van der Waals surface area contributed by atoms with Gasteiger partial charge in [0.1, 0.15) is 0 Å². The molecule has 82 valence electrons. The Morgan fingerprint density at radius 1 is 1.64 bits per heavy atom. The molecule has 0 bridgehead atoms. The summed E-state index contributed by atoms with van der Waals surface area (Å²) in [6.07, 6.45) is 2.48. The summed E-state index contributed by atoms with van der Waals surface area (Å²) in [5.41, 5.74) is 4.82. The van der Waals surface area contributed by atoms with Gasteiger partial charge in [-0.3, -0.25) is 4.79 Å². The lowest BCUT2D eigenvalue weighted by Gasteiger charge is -2.22. The van der Waals surface area contributed by atoms with E-state index in [-0.39, 0.29) is 5.91 Å². The zero-order chi connectivity index (χ0) is 10.6. The molecule has 1 unspecified atom stereocenters. The fourth-order valence-electron chi connectivity index (χ4n) is 1.58. The van der Waals surface area contributed by atoms with Crippen molar-refractivity contribution in [2.45, 2.75) is 32.7 Å². The van der Waals surface area contributed by atoms with Crippen molar-refractivity contribution in [3.63, 3.8) is 0 Å². The molecule has 4 heteroatoms. The van der Waals surface area contributed by atoms with E-state index >= 15 is 0 Å². The smallest absolute Gasteiger partial charge is 0.224 e. The van der Waals surface area contributed by atoms with Gasteiger partial charge in [0.05, 0.1) is 5.41 Å². The molecule has 0 spiro atoms. The summed E-state index contributed by atoms with van der Waals surface area (Å²) in [6.45, 7) is 6.43. The molecule has 1 fully saturated rings. The topological polar surface area (TPSA) is 67.2 Å². The number of nitrogens with two attached hydrogens (primary N) is 1. The van der Waals surface area contributed by atoms with Crippen molar-refractivity contribution in [2.75, 3.05) is 19.6 Å². The number of hydrogen-bond donors (Lipinski definition) is 3. The summed E-state index contributed by atoms with van der Waals surface area (Å²) in [7, 11) is 0. The van der Waals surface area contributed by atoms with E-state index in [4.69, 9.17) is 5.73 Å². The Hall–Kier alpha value is -0.610. The summed E-state index contributed by atoms with van der Waals surface area (Å²) in [6, 6.07) is 0.568. The summed E-state index contributed by atoms with van der Waals surface area (Å²) in [4.78, 5) is 11.0. The van der Waals surface area contributed by atoms with Crippen LogP contribution in [0.5, 0.6) is 0 Å². The van der Waals surface area contributed by atoms with E-state index in [2.05, 4.69) is 10.6 Å². The molecule has 0 aromatic rings. The predicted octanol–water partition coefficient (Wildman–Crippen LogP) is -0.160. The molecule has 4 N–H and O–H groups in total. The highest BCUT2D eigenvalue weighted by Crippen LogP contribution is 2.12. The van der Waals surface area contributed by atoms with E-state index in [0.29, 0.717) is 12.6 Å². The van der Waals surface area contributed by atoms with Crippen LogP contribution in [0.15, 0.2) is 0 Å². The maximum atomic E-state index is 11.0. The standard InChI is InChI=1S/C10H21N3O/c1-10(2,9(11)14)7-12-6-8-4-3-5-13-8/h8,12-13H,3-7H2,1-2H3,(H2,11,14). The maximum absolute atomic E-state index is 11.0. The van der Waals surface area contributed by atoms with Gasteiger partial charge in [0.15, 0.2) is 0 Å². The van der Waals surface area contributed by atoms with E-state index in [1.54, 1.807) is 0 Å². The van der Waals surface area contributed by atoms with Crippen LogP contribution in [-0.2, 0) is 4.79 Å². The fraction of sp³-hybridized carbons (Fsp3) is 0.900. The highest BCUT2D eigenvalue weighted by molar-refractivity contribution is 5.80. The lowest BCUT2D eigenvalue weighted by molar-refractivity contribution is -0.125.